The highest BCUT2D eigenvalue weighted by Gasteiger charge is 2.30. The monoisotopic (exact) mass is 1490 g/mol. The zero-order valence-electron chi connectivity index (χ0n) is 67.2. The fourth-order valence-electron chi connectivity index (χ4n) is 12.8. The number of ether oxygens (including phenoxy) is 4. The first-order valence-electron chi connectivity index (χ1n) is 42.7. The predicted molar refractivity (Wildman–Crippen MR) is 418 cm³/mol. The minimum atomic E-state index is -4.96. The van der Waals surface area contributed by atoms with Gasteiger partial charge >= 0.3 is 39.5 Å². The average Bonchev–Trinajstić information content (AvgIpc) is 0.909. The lowest BCUT2D eigenvalue weighted by Crippen LogP contribution is -2.30. The number of phosphoric acid groups is 2. The molecule has 606 valence electrons. The second kappa shape index (κ2) is 72.0. The maximum absolute atomic E-state index is 13.1. The number of carbonyl (C=O) groups is 4. The summed E-state index contributed by atoms with van der Waals surface area (Å²) >= 11 is 0. The zero-order valence-corrected chi connectivity index (χ0v) is 69.0. The maximum atomic E-state index is 13.1. The zero-order chi connectivity index (χ0) is 75.3. The Bertz CT molecular complexity index is 1990. The highest BCUT2D eigenvalue weighted by atomic mass is 31.2. The molecule has 0 aromatic heterocycles. The highest BCUT2D eigenvalue weighted by molar-refractivity contribution is 7.47. The van der Waals surface area contributed by atoms with E-state index >= 15 is 0 Å². The van der Waals surface area contributed by atoms with E-state index < -0.39 is 97.5 Å². The molecule has 0 fully saturated rings. The second-order valence-corrected chi connectivity index (χ2v) is 34.7. The number of phosphoric ester groups is 2. The molecule has 3 N–H and O–H groups in total. The number of aliphatic hydroxyl groups excluding tert-OH is 1. The van der Waals surface area contributed by atoms with Crippen LogP contribution in [0.3, 0.4) is 0 Å². The summed E-state index contributed by atoms with van der Waals surface area (Å²) in [5.41, 5.74) is 0. The molecule has 0 saturated heterocycles. The Hall–Kier alpha value is -1.94. The molecular formula is C83H162O17P2. The third kappa shape index (κ3) is 76.3. The van der Waals surface area contributed by atoms with E-state index in [1.54, 1.807) is 0 Å². The van der Waals surface area contributed by atoms with E-state index in [1.165, 1.54) is 231 Å². The minimum absolute atomic E-state index is 0.107. The second-order valence-electron chi connectivity index (χ2n) is 31.8. The average molecular weight is 1490 g/mol. The van der Waals surface area contributed by atoms with Crippen molar-refractivity contribution in [3.05, 3.63) is 0 Å². The van der Waals surface area contributed by atoms with E-state index in [2.05, 4.69) is 55.4 Å². The molecule has 0 spiro atoms. The molecule has 2 unspecified atom stereocenters. The SMILES string of the molecule is CC(C)CCCCCCCCCCCCCCCCCC(=O)O[C@H](COC(=O)CCCCCCCCCCCCCCCC(C)C)COP(=O)(O)OC[C@@H](O)COP(=O)(O)OC[C@@H](COC(=O)CCCCCCCCCCCC(C)C)OC(=O)CCCCCCCCCCCCCCCC(C)C. The summed E-state index contributed by atoms with van der Waals surface area (Å²) < 4.78 is 68.8. The number of hydrogen-bond acceptors (Lipinski definition) is 15. The summed E-state index contributed by atoms with van der Waals surface area (Å²) in [4.78, 5) is 73.2. The molecule has 19 heteroatoms. The number of carbonyl (C=O) groups excluding carboxylic acids is 4. The van der Waals surface area contributed by atoms with Gasteiger partial charge in [0.05, 0.1) is 26.4 Å². The van der Waals surface area contributed by atoms with E-state index in [9.17, 15) is 43.2 Å². The molecule has 5 atom stereocenters. The van der Waals surface area contributed by atoms with Gasteiger partial charge in [-0.25, -0.2) is 9.13 Å². The Balaban J connectivity index is 5.27. The van der Waals surface area contributed by atoms with Crippen LogP contribution in [-0.4, -0.2) is 96.7 Å². The summed E-state index contributed by atoms with van der Waals surface area (Å²) in [5.74, 6) is 1.01. The van der Waals surface area contributed by atoms with Crippen molar-refractivity contribution in [2.24, 2.45) is 23.7 Å². The van der Waals surface area contributed by atoms with Gasteiger partial charge in [-0.15, -0.1) is 0 Å². The normalized spacial score (nSPS) is 14.0. The standard InChI is InChI=1S/C83H162O17P2/c1-73(2)59-51-43-35-27-20-14-10-9-11-17-24-32-41-49-57-65-82(87)99-78(69-93-80(85)63-55-47-39-31-23-18-12-15-21-28-36-44-52-60-74(3)4)71-97-101(89,90)95-67-77(84)68-96-102(91,92)98-72-79(70-94-81(86)64-56-48-40-34-26-30-38-46-54-62-76(7)8)100-83(88)66-58-50-42-33-25-19-13-16-22-29-37-45-53-61-75(5)6/h73-79,84H,9-72H2,1-8H3,(H,89,90)(H,91,92)/t77-,78-,79-/m1/s1. The predicted octanol–water partition coefficient (Wildman–Crippen LogP) is 24.8. The van der Waals surface area contributed by atoms with Gasteiger partial charge < -0.3 is 33.8 Å². The molecule has 0 amide bonds. The van der Waals surface area contributed by atoms with Crippen LogP contribution in [-0.2, 0) is 65.4 Å². The maximum Gasteiger partial charge on any atom is 0.472 e. The van der Waals surface area contributed by atoms with E-state index in [1.807, 2.05) is 0 Å². The van der Waals surface area contributed by atoms with Crippen molar-refractivity contribution in [2.45, 2.75) is 446 Å². The van der Waals surface area contributed by atoms with Crippen LogP contribution in [0.1, 0.15) is 428 Å². The van der Waals surface area contributed by atoms with Crippen LogP contribution >= 0.6 is 15.6 Å². The lowest BCUT2D eigenvalue weighted by Gasteiger charge is -2.21. The van der Waals surface area contributed by atoms with E-state index in [-0.39, 0.29) is 25.7 Å². The molecule has 0 aliphatic heterocycles. The Morgan fingerprint density at radius 1 is 0.245 bits per heavy atom. The molecule has 0 aromatic rings. The Kier molecular flexibility index (Phi) is 70.6. The summed E-state index contributed by atoms with van der Waals surface area (Å²) in [6, 6.07) is 0. The molecule has 0 rings (SSSR count). The Labute approximate surface area is 626 Å². The third-order valence-electron chi connectivity index (χ3n) is 19.3. The van der Waals surface area contributed by atoms with Gasteiger partial charge in [0.25, 0.3) is 0 Å². The number of esters is 4. The van der Waals surface area contributed by atoms with E-state index in [0.717, 1.165) is 114 Å². The molecule has 0 heterocycles. The Morgan fingerprint density at radius 3 is 0.608 bits per heavy atom. The smallest absolute Gasteiger partial charge is 0.462 e. The Morgan fingerprint density at radius 2 is 0.412 bits per heavy atom. The van der Waals surface area contributed by atoms with Crippen molar-refractivity contribution in [2.75, 3.05) is 39.6 Å². The first-order valence-corrected chi connectivity index (χ1v) is 45.7. The number of hydrogen-bond donors (Lipinski definition) is 3. The molecule has 0 radical (unpaired) electrons. The van der Waals surface area contributed by atoms with Crippen molar-refractivity contribution in [3.63, 3.8) is 0 Å². The largest absolute Gasteiger partial charge is 0.472 e. The highest BCUT2D eigenvalue weighted by Crippen LogP contribution is 2.45. The van der Waals surface area contributed by atoms with Crippen molar-refractivity contribution in [1.29, 1.82) is 0 Å². The van der Waals surface area contributed by atoms with E-state index in [0.29, 0.717) is 25.7 Å². The van der Waals surface area contributed by atoms with Crippen LogP contribution in [0.2, 0.25) is 0 Å². The summed E-state index contributed by atoms with van der Waals surface area (Å²) in [6.45, 7) is 14.3. The van der Waals surface area contributed by atoms with Crippen molar-refractivity contribution < 1.29 is 80.2 Å². The lowest BCUT2D eigenvalue weighted by atomic mass is 10.0. The molecule has 102 heavy (non-hydrogen) atoms. The quantitative estimate of drug-likeness (QED) is 0.0222. The van der Waals surface area contributed by atoms with Crippen LogP contribution in [0.25, 0.3) is 0 Å². The molecule has 0 aliphatic carbocycles. The van der Waals surface area contributed by atoms with Crippen molar-refractivity contribution in [3.8, 4) is 0 Å². The van der Waals surface area contributed by atoms with Gasteiger partial charge in [-0.1, -0.05) is 376 Å². The van der Waals surface area contributed by atoms with Crippen molar-refractivity contribution in [1.82, 2.24) is 0 Å². The van der Waals surface area contributed by atoms with Crippen LogP contribution in [0, 0.1) is 23.7 Å². The van der Waals surface area contributed by atoms with Gasteiger partial charge in [-0.3, -0.25) is 37.3 Å². The summed E-state index contributed by atoms with van der Waals surface area (Å²) in [5, 5.41) is 10.7. The topological polar surface area (TPSA) is 237 Å². The van der Waals surface area contributed by atoms with Gasteiger partial charge in [-0.2, -0.15) is 0 Å². The van der Waals surface area contributed by atoms with E-state index in [4.69, 9.17) is 37.0 Å². The number of unbranched alkanes of at least 4 members (excludes halogenated alkanes) is 46. The van der Waals surface area contributed by atoms with Gasteiger partial charge in [0.2, 0.25) is 0 Å². The number of aliphatic hydroxyl groups is 1. The first kappa shape index (κ1) is 100. The van der Waals surface area contributed by atoms with Gasteiger partial charge in [-0.05, 0) is 49.4 Å². The van der Waals surface area contributed by atoms with Gasteiger partial charge in [0.15, 0.2) is 12.2 Å². The first-order chi connectivity index (χ1) is 49.1. The third-order valence-corrected chi connectivity index (χ3v) is 21.2. The summed E-state index contributed by atoms with van der Waals surface area (Å²) in [7, 11) is -9.93. The summed E-state index contributed by atoms with van der Waals surface area (Å²) in [6.07, 6.45) is 59.6. The molecule has 0 aromatic carbocycles. The molecule has 0 aliphatic rings. The fourth-order valence-corrected chi connectivity index (χ4v) is 14.4. The van der Waals surface area contributed by atoms with Gasteiger partial charge in [0, 0.05) is 25.7 Å². The van der Waals surface area contributed by atoms with Crippen LogP contribution < -0.4 is 0 Å². The van der Waals surface area contributed by atoms with Crippen LogP contribution in [0.4, 0.5) is 0 Å². The van der Waals surface area contributed by atoms with Crippen molar-refractivity contribution >= 4 is 39.5 Å². The number of rotatable bonds is 80. The molecular weight excluding hydrogens is 1330 g/mol. The van der Waals surface area contributed by atoms with Gasteiger partial charge in [0.1, 0.15) is 19.3 Å². The molecule has 0 saturated carbocycles. The molecule has 0 bridgehead atoms. The minimum Gasteiger partial charge on any atom is -0.462 e. The molecule has 17 nitrogen and oxygen atoms in total. The fraction of sp³-hybridized carbons (Fsp3) is 0.952. The lowest BCUT2D eigenvalue weighted by molar-refractivity contribution is -0.161. The van der Waals surface area contributed by atoms with Crippen LogP contribution in [0.15, 0.2) is 0 Å². The van der Waals surface area contributed by atoms with Crippen LogP contribution in [0.5, 0.6) is 0 Å².